The molecule has 0 aromatic rings. The highest BCUT2D eigenvalue weighted by molar-refractivity contribution is 5.85. The molecule has 1 aliphatic carbocycles. The van der Waals surface area contributed by atoms with Crippen molar-refractivity contribution >= 4 is 11.9 Å². The van der Waals surface area contributed by atoms with Crippen LogP contribution < -0.4 is 5.32 Å². The van der Waals surface area contributed by atoms with Gasteiger partial charge in [-0.25, -0.2) is 0 Å². The summed E-state index contributed by atoms with van der Waals surface area (Å²) in [6.45, 7) is 4.23. The highest BCUT2D eigenvalue weighted by atomic mass is 16.4. The normalized spacial score (nSPS) is 28.4. The van der Waals surface area contributed by atoms with Crippen LogP contribution in [-0.4, -0.2) is 59.8 Å². The monoisotopic (exact) mass is 300 g/mol. The van der Waals surface area contributed by atoms with Crippen LogP contribution in [0.1, 0.15) is 33.1 Å². The molecule has 6 nitrogen and oxygen atoms in total. The SMILES string of the molecule is CCC1C[C@H](C(=O)NCC(C)(O)CN(C)C)[C@H](C(=O)O)C1. The van der Waals surface area contributed by atoms with Gasteiger partial charge in [-0.05, 0) is 39.8 Å². The summed E-state index contributed by atoms with van der Waals surface area (Å²) >= 11 is 0. The number of carboxylic acid groups (broad SMARTS) is 1. The van der Waals surface area contributed by atoms with Gasteiger partial charge < -0.3 is 20.4 Å². The summed E-state index contributed by atoms with van der Waals surface area (Å²) in [5.41, 5.74) is -1.03. The Balaban J connectivity index is 2.59. The van der Waals surface area contributed by atoms with Crippen molar-refractivity contribution in [1.29, 1.82) is 0 Å². The number of nitrogens with zero attached hydrogens (tertiary/aromatic N) is 1. The number of carboxylic acids is 1. The number of carbonyl (C=O) groups excluding carboxylic acids is 1. The number of hydrogen-bond donors (Lipinski definition) is 3. The average Bonchev–Trinajstić information content (AvgIpc) is 2.79. The lowest BCUT2D eigenvalue weighted by Gasteiger charge is -2.28. The predicted molar refractivity (Wildman–Crippen MR) is 79.8 cm³/mol. The van der Waals surface area contributed by atoms with E-state index in [0.29, 0.717) is 25.3 Å². The minimum absolute atomic E-state index is 0.129. The smallest absolute Gasteiger partial charge is 0.307 e. The number of aliphatic hydroxyl groups is 1. The van der Waals surface area contributed by atoms with E-state index in [9.17, 15) is 19.8 Å². The zero-order valence-electron chi connectivity index (χ0n) is 13.4. The van der Waals surface area contributed by atoms with Crippen molar-refractivity contribution in [3.63, 3.8) is 0 Å². The highest BCUT2D eigenvalue weighted by Gasteiger charge is 2.42. The molecule has 1 aliphatic rings. The first-order chi connectivity index (χ1) is 9.66. The van der Waals surface area contributed by atoms with Crippen LogP contribution in [0.4, 0.5) is 0 Å². The third-order valence-electron chi connectivity index (χ3n) is 4.19. The molecule has 6 heteroatoms. The molecule has 4 atom stereocenters. The summed E-state index contributed by atoms with van der Waals surface area (Å²) in [6, 6.07) is 0. The third kappa shape index (κ3) is 5.28. The van der Waals surface area contributed by atoms with Gasteiger partial charge in [-0.3, -0.25) is 9.59 Å². The first-order valence-electron chi connectivity index (χ1n) is 7.54. The van der Waals surface area contributed by atoms with Crippen LogP contribution in [0, 0.1) is 17.8 Å². The molecule has 0 aliphatic heterocycles. The number of likely N-dealkylation sites (N-methyl/N-ethyl adjacent to an activating group) is 1. The molecule has 0 radical (unpaired) electrons. The Labute approximate surface area is 126 Å². The summed E-state index contributed by atoms with van der Waals surface area (Å²) in [5, 5.41) is 22.2. The first-order valence-corrected chi connectivity index (χ1v) is 7.54. The fourth-order valence-corrected chi connectivity index (χ4v) is 3.18. The zero-order chi connectivity index (χ0) is 16.2. The lowest BCUT2D eigenvalue weighted by Crippen LogP contribution is -2.48. The number of carbonyl (C=O) groups is 2. The van der Waals surface area contributed by atoms with E-state index in [1.54, 1.807) is 6.92 Å². The summed E-state index contributed by atoms with van der Waals surface area (Å²) in [5.74, 6) is -1.94. The van der Waals surface area contributed by atoms with Gasteiger partial charge >= 0.3 is 5.97 Å². The molecule has 1 fully saturated rings. The van der Waals surface area contributed by atoms with Gasteiger partial charge in [-0.2, -0.15) is 0 Å². The molecule has 122 valence electrons. The molecule has 0 aromatic carbocycles. The maximum absolute atomic E-state index is 12.3. The topological polar surface area (TPSA) is 89.9 Å². The van der Waals surface area contributed by atoms with Crippen molar-refractivity contribution < 1.29 is 19.8 Å². The van der Waals surface area contributed by atoms with Crippen molar-refractivity contribution in [2.24, 2.45) is 17.8 Å². The second kappa shape index (κ2) is 7.22. The fourth-order valence-electron chi connectivity index (χ4n) is 3.18. The van der Waals surface area contributed by atoms with Crippen LogP contribution in [0.3, 0.4) is 0 Å². The maximum atomic E-state index is 12.3. The molecule has 21 heavy (non-hydrogen) atoms. The van der Waals surface area contributed by atoms with Crippen molar-refractivity contribution in [2.45, 2.75) is 38.7 Å². The predicted octanol–water partition coefficient (Wildman–Crippen LogP) is 0.552. The van der Waals surface area contributed by atoms with E-state index in [4.69, 9.17) is 0 Å². The van der Waals surface area contributed by atoms with E-state index in [2.05, 4.69) is 5.32 Å². The number of aliphatic carboxylic acids is 1. The second-order valence-corrected chi connectivity index (χ2v) is 6.75. The molecule has 0 spiro atoms. The van der Waals surface area contributed by atoms with E-state index in [-0.39, 0.29) is 12.5 Å². The van der Waals surface area contributed by atoms with Gasteiger partial charge in [-0.15, -0.1) is 0 Å². The minimum Gasteiger partial charge on any atom is -0.481 e. The molecule has 0 heterocycles. The van der Waals surface area contributed by atoms with Crippen molar-refractivity contribution in [2.75, 3.05) is 27.2 Å². The van der Waals surface area contributed by atoms with E-state index in [1.165, 1.54) is 0 Å². The van der Waals surface area contributed by atoms with Crippen molar-refractivity contribution in [1.82, 2.24) is 10.2 Å². The number of amides is 1. The molecule has 0 aromatic heterocycles. The van der Waals surface area contributed by atoms with Gasteiger partial charge in [0, 0.05) is 13.1 Å². The third-order valence-corrected chi connectivity index (χ3v) is 4.19. The molecule has 1 rings (SSSR count). The lowest BCUT2D eigenvalue weighted by molar-refractivity contribution is -0.146. The van der Waals surface area contributed by atoms with Crippen LogP contribution in [-0.2, 0) is 9.59 Å². The highest BCUT2D eigenvalue weighted by Crippen LogP contribution is 2.38. The zero-order valence-corrected chi connectivity index (χ0v) is 13.4. The minimum atomic E-state index is -1.03. The van der Waals surface area contributed by atoms with Crippen LogP contribution >= 0.6 is 0 Å². The Morgan fingerprint density at radius 3 is 2.33 bits per heavy atom. The molecule has 0 bridgehead atoms. The van der Waals surface area contributed by atoms with Crippen LogP contribution in [0.2, 0.25) is 0 Å². The van der Waals surface area contributed by atoms with Gasteiger partial charge in [0.2, 0.25) is 5.91 Å². The molecule has 2 unspecified atom stereocenters. The Morgan fingerprint density at radius 2 is 1.86 bits per heavy atom. The first kappa shape index (κ1) is 17.9. The van der Waals surface area contributed by atoms with Crippen LogP contribution in [0.25, 0.3) is 0 Å². The van der Waals surface area contributed by atoms with E-state index in [0.717, 1.165) is 6.42 Å². The Hall–Kier alpha value is -1.14. The lowest BCUT2D eigenvalue weighted by atomic mass is 9.95. The Kier molecular flexibility index (Phi) is 6.16. The summed E-state index contributed by atoms with van der Waals surface area (Å²) in [7, 11) is 3.69. The summed E-state index contributed by atoms with van der Waals surface area (Å²) in [6.07, 6.45) is 2.08. The molecule has 3 N–H and O–H groups in total. The fraction of sp³-hybridized carbons (Fsp3) is 0.867. The molecule has 1 saturated carbocycles. The quantitative estimate of drug-likeness (QED) is 0.639. The van der Waals surface area contributed by atoms with Crippen LogP contribution in [0.5, 0.6) is 0 Å². The van der Waals surface area contributed by atoms with E-state index < -0.39 is 23.4 Å². The largest absolute Gasteiger partial charge is 0.481 e. The Morgan fingerprint density at radius 1 is 1.29 bits per heavy atom. The van der Waals surface area contributed by atoms with Gasteiger partial charge in [0.1, 0.15) is 0 Å². The van der Waals surface area contributed by atoms with Crippen molar-refractivity contribution in [3.8, 4) is 0 Å². The summed E-state index contributed by atoms with van der Waals surface area (Å²) in [4.78, 5) is 25.4. The standard InChI is InChI=1S/C15H28N2O4/c1-5-10-6-11(12(7-10)14(19)20)13(18)16-8-15(2,21)9-17(3)4/h10-12,21H,5-9H2,1-4H3,(H,16,18)(H,19,20)/t10?,11-,12+,15?/m0/s1. The Bertz CT molecular complexity index is 382. The molecular weight excluding hydrogens is 272 g/mol. The molecule has 1 amide bonds. The number of hydrogen-bond acceptors (Lipinski definition) is 4. The van der Waals surface area contributed by atoms with Gasteiger partial charge in [-0.1, -0.05) is 13.3 Å². The van der Waals surface area contributed by atoms with Crippen LogP contribution in [0.15, 0.2) is 0 Å². The number of nitrogens with one attached hydrogen (secondary N) is 1. The van der Waals surface area contributed by atoms with Gasteiger partial charge in [0.15, 0.2) is 0 Å². The van der Waals surface area contributed by atoms with E-state index in [1.807, 2.05) is 25.9 Å². The second-order valence-electron chi connectivity index (χ2n) is 6.75. The molecule has 0 saturated heterocycles. The summed E-state index contributed by atoms with van der Waals surface area (Å²) < 4.78 is 0. The van der Waals surface area contributed by atoms with E-state index >= 15 is 0 Å². The van der Waals surface area contributed by atoms with Crippen molar-refractivity contribution in [3.05, 3.63) is 0 Å². The van der Waals surface area contributed by atoms with Gasteiger partial charge in [0.25, 0.3) is 0 Å². The maximum Gasteiger partial charge on any atom is 0.307 e. The average molecular weight is 300 g/mol. The molecular formula is C15H28N2O4. The van der Waals surface area contributed by atoms with Gasteiger partial charge in [0.05, 0.1) is 17.4 Å². The number of rotatable bonds is 7.